The molecule has 0 heterocycles. The summed E-state index contributed by atoms with van der Waals surface area (Å²) < 4.78 is 20.3. The van der Waals surface area contributed by atoms with Crippen molar-refractivity contribution in [2.75, 3.05) is 53.4 Å². The second-order valence-corrected chi connectivity index (χ2v) is 3.31. The van der Waals surface area contributed by atoms with Crippen molar-refractivity contribution in [3.05, 3.63) is 0 Å². The molecule has 0 aliphatic rings. The normalized spacial score (nSPS) is 13.0. The van der Waals surface area contributed by atoms with Crippen LogP contribution in [-0.4, -0.2) is 63.9 Å². The van der Waals surface area contributed by atoms with Crippen LogP contribution in [0.25, 0.3) is 0 Å². The van der Waals surface area contributed by atoms with Crippen LogP contribution >= 0.6 is 12.6 Å². The molecule has 0 spiro atoms. The van der Waals surface area contributed by atoms with Crippen molar-refractivity contribution >= 4 is 12.6 Å². The first-order valence-corrected chi connectivity index (χ1v) is 5.38. The van der Waals surface area contributed by atoms with Gasteiger partial charge in [0.1, 0.15) is 5.44 Å². The van der Waals surface area contributed by atoms with Crippen LogP contribution in [0, 0.1) is 0 Å². The van der Waals surface area contributed by atoms with Crippen LogP contribution in [0.15, 0.2) is 0 Å². The maximum atomic E-state index is 8.41. The van der Waals surface area contributed by atoms with Crippen LogP contribution in [-0.2, 0) is 18.9 Å². The molecule has 0 radical (unpaired) electrons. The van der Waals surface area contributed by atoms with E-state index in [1.807, 2.05) is 0 Å². The number of hydrogen-bond donors (Lipinski definition) is 2. The standard InChI is InChI=1S/C9H20O5S/c1-11-8-9(15)14-7-6-13-5-4-12-3-2-10/h9-10,15H,2-8H2,1H3. The summed E-state index contributed by atoms with van der Waals surface area (Å²) in [5, 5.41) is 8.41. The summed E-state index contributed by atoms with van der Waals surface area (Å²) >= 11 is 4.13. The Labute approximate surface area is 96.1 Å². The van der Waals surface area contributed by atoms with Gasteiger partial charge in [0.2, 0.25) is 0 Å². The second kappa shape index (κ2) is 12.2. The number of hydrogen-bond acceptors (Lipinski definition) is 6. The van der Waals surface area contributed by atoms with Gasteiger partial charge in [-0.05, 0) is 0 Å². The molecule has 0 fully saturated rings. The van der Waals surface area contributed by atoms with E-state index >= 15 is 0 Å². The van der Waals surface area contributed by atoms with Crippen LogP contribution in [0.5, 0.6) is 0 Å². The molecule has 5 nitrogen and oxygen atoms in total. The molecule has 15 heavy (non-hydrogen) atoms. The van der Waals surface area contributed by atoms with Gasteiger partial charge in [0.25, 0.3) is 0 Å². The predicted octanol–water partition coefficient (Wildman–Crippen LogP) is -0.0692. The van der Waals surface area contributed by atoms with E-state index in [-0.39, 0.29) is 12.0 Å². The Hall–Kier alpha value is 0.150. The Bertz CT molecular complexity index is 125. The Kier molecular flexibility index (Phi) is 12.3. The first-order valence-electron chi connectivity index (χ1n) is 4.86. The lowest BCUT2D eigenvalue weighted by Crippen LogP contribution is -2.16. The minimum absolute atomic E-state index is 0.0431. The molecular formula is C9H20O5S. The number of aliphatic hydroxyl groups excluding tert-OH is 1. The van der Waals surface area contributed by atoms with Gasteiger partial charge in [-0.2, -0.15) is 0 Å². The lowest BCUT2D eigenvalue weighted by atomic mass is 10.7. The monoisotopic (exact) mass is 240 g/mol. The summed E-state index contributed by atoms with van der Waals surface area (Å²) in [6, 6.07) is 0. The summed E-state index contributed by atoms with van der Waals surface area (Å²) in [4.78, 5) is 0. The van der Waals surface area contributed by atoms with E-state index in [2.05, 4.69) is 12.6 Å². The van der Waals surface area contributed by atoms with Gasteiger partial charge in [-0.3, -0.25) is 0 Å². The lowest BCUT2D eigenvalue weighted by Gasteiger charge is -2.11. The predicted molar refractivity (Wildman–Crippen MR) is 59.3 cm³/mol. The zero-order valence-corrected chi connectivity index (χ0v) is 9.95. The quantitative estimate of drug-likeness (QED) is 0.301. The highest BCUT2D eigenvalue weighted by Gasteiger charge is 2.00. The van der Waals surface area contributed by atoms with Gasteiger partial charge in [0.15, 0.2) is 0 Å². The van der Waals surface area contributed by atoms with E-state index in [1.165, 1.54) is 0 Å². The topological polar surface area (TPSA) is 57.2 Å². The molecule has 92 valence electrons. The molecule has 1 atom stereocenters. The molecule has 0 rings (SSSR count). The molecule has 1 N–H and O–H groups in total. The minimum atomic E-state index is -0.204. The van der Waals surface area contributed by atoms with Crippen molar-refractivity contribution in [3.8, 4) is 0 Å². The summed E-state index contributed by atoms with van der Waals surface area (Å²) in [5.74, 6) is 0. The van der Waals surface area contributed by atoms with Crippen LogP contribution in [0.4, 0.5) is 0 Å². The van der Waals surface area contributed by atoms with E-state index in [9.17, 15) is 0 Å². The van der Waals surface area contributed by atoms with Crippen molar-refractivity contribution in [2.24, 2.45) is 0 Å². The van der Waals surface area contributed by atoms with Crippen molar-refractivity contribution < 1.29 is 24.1 Å². The fraction of sp³-hybridized carbons (Fsp3) is 1.00. The van der Waals surface area contributed by atoms with Crippen LogP contribution in [0.3, 0.4) is 0 Å². The lowest BCUT2D eigenvalue weighted by molar-refractivity contribution is -0.00888. The third kappa shape index (κ3) is 12.1. The molecule has 0 saturated carbocycles. The van der Waals surface area contributed by atoms with Gasteiger partial charge in [-0.15, -0.1) is 12.6 Å². The molecule has 0 amide bonds. The summed E-state index contributed by atoms with van der Waals surface area (Å²) in [6.45, 7) is 2.84. The summed E-state index contributed by atoms with van der Waals surface area (Å²) in [5.41, 5.74) is -0.204. The number of ether oxygens (including phenoxy) is 4. The van der Waals surface area contributed by atoms with Gasteiger partial charge in [-0.25, -0.2) is 0 Å². The molecule has 0 aromatic heterocycles. The molecule has 1 unspecified atom stereocenters. The van der Waals surface area contributed by atoms with Gasteiger partial charge in [-0.1, -0.05) is 0 Å². The highest BCUT2D eigenvalue weighted by molar-refractivity contribution is 7.80. The molecule has 0 bridgehead atoms. The van der Waals surface area contributed by atoms with E-state index < -0.39 is 0 Å². The molecule has 0 aromatic carbocycles. The van der Waals surface area contributed by atoms with Gasteiger partial charge >= 0.3 is 0 Å². The van der Waals surface area contributed by atoms with Crippen molar-refractivity contribution in [1.29, 1.82) is 0 Å². The maximum absolute atomic E-state index is 8.41. The summed E-state index contributed by atoms with van der Waals surface area (Å²) in [6.07, 6.45) is 0. The van der Waals surface area contributed by atoms with Crippen molar-refractivity contribution in [2.45, 2.75) is 5.44 Å². The number of methoxy groups -OCH3 is 1. The fourth-order valence-electron chi connectivity index (χ4n) is 0.820. The van der Waals surface area contributed by atoms with Gasteiger partial charge in [0, 0.05) is 7.11 Å². The molecule has 0 aliphatic heterocycles. The molecule has 0 aromatic rings. The largest absolute Gasteiger partial charge is 0.394 e. The van der Waals surface area contributed by atoms with E-state index in [0.717, 1.165) is 0 Å². The molecule has 6 heteroatoms. The van der Waals surface area contributed by atoms with E-state index in [4.69, 9.17) is 24.1 Å². The average molecular weight is 240 g/mol. The van der Waals surface area contributed by atoms with Gasteiger partial charge < -0.3 is 24.1 Å². The summed E-state index contributed by atoms with van der Waals surface area (Å²) in [7, 11) is 1.60. The molecule has 0 aliphatic carbocycles. The Morgan fingerprint density at radius 3 is 2.27 bits per heavy atom. The SMILES string of the molecule is COCC(S)OCCOCCOCCO. The number of thiol groups is 1. The fourth-order valence-corrected chi connectivity index (χ4v) is 1.07. The first kappa shape index (κ1) is 15.2. The zero-order valence-electron chi connectivity index (χ0n) is 9.05. The number of rotatable bonds is 11. The number of aliphatic hydroxyl groups is 1. The zero-order chi connectivity index (χ0) is 11.4. The maximum Gasteiger partial charge on any atom is 0.123 e. The molecule has 0 saturated heterocycles. The first-order chi connectivity index (χ1) is 7.31. The Balaban J connectivity index is 2.98. The molecular weight excluding hydrogens is 220 g/mol. The third-order valence-corrected chi connectivity index (χ3v) is 1.75. The van der Waals surface area contributed by atoms with E-state index in [0.29, 0.717) is 39.6 Å². The highest BCUT2D eigenvalue weighted by atomic mass is 32.1. The van der Waals surface area contributed by atoms with Crippen LogP contribution in [0.1, 0.15) is 0 Å². The Morgan fingerprint density at radius 2 is 1.67 bits per heavy atom. The van der Waals surface area contributed by atoms with Gasteiger partial charge in [0.05, 0.1) is 46.2 Å². The average Bonchev–Trinajstić information content (AvgIpc) is 2.22. The third-order valence-electron chi connectivity index (χ3n) is 1.45. The smallest absolute Gasteiger partial charge is 0.123 e. The van der Waals surface area contributed by atoms with Crippen molar-refractivity contribution in [1.82, 2.24) is 0 Å². The Morgan fingerprint density at radius 1 is 1.07 bits per heavy atom. The highest BCUT2D eigenvalue weighted by Crippen LogP contribution is 1.97. The second-order valence-electron chi connectivity index (χ2n) is 2.73. The minimum Gasteiger partial charge on any atom is -0.394 e. The van der Waals surface area contributed by atoms with Crippen LogP contribution < -0.4 is 0 Å². The van der Waals surface area contributed by atoms with Crippen LogP contribution in [0.2, 0.25) is 0 Å². The van der Waals surface area contributed by atoms with E-state index in [1.54, 1.807) is 7.11 Å². The van der Waals surface area contributed by atoms with Crippen molar-refractivity contribution in [3.63, 3.8) is 0 Å².